The molecule has 2 amide bonds. The van der Waals surface area contributed by atoms with E-state index in [0.29, 0.717) is 31.0 Å². The van der Waals surface area contributed by atoms with Gasteiger partial charge < -0.3 is 15.0 Å². The number of nitrogens with zero attached hydrogens (tertiary/aromatic N) is 2. The van der Waals surface area contributed by atoms with E-state index in [9.17, 15) is 18.0 Å². The van der Waals surface area contributed by atoms with Gasteiger partial charge in [-0.2, -0.15) is 0 Å². The van der Waals surface area contributed by atoms with Crippen LogP contribution in [-0.2, 0) is 26.2 Å². The normalized spacial score (nSPS) is 12.0. The molecule has 0 radical (unpaired) electrons. The summed E-state index contributed by atoms with van der Waals surface area (Å²) in [5.74, 6) is 0.189. The Hall–Kier alpha value is -3.07. The lowest BCUT2D eigenvalue weighted by Gasteiger charge is -2.29. The second-order valence-corrected chi connectivity index (χ2v) is 10.1. The maximum atomic E-state index is 13.1. The van der Waals surface area contributed by atoms with Gasteiger partial charge >= 0.3 is 0 Å². The predicted molar refractivity (Wildman–Crippen MR) is 134 cm³/mol. The Bertz CT molecular complexity index is 1050. The van der Waals surface area contributed by atoms with Crippen molar-refractivity contribution in [2.75, 3.05) is 30.8 Å². The SMILES string of the molecule is CCOc1ccc(N(CCCC(=O)N(Cc2ccc(C)cc2)C(C)C(=O)NC)S(C)(=O)=O)cc1. The smallest absolute Gasteiger partial charge is 0.242 e. The summed E-state index contributed by atoms with van der Waals surface area (Å²) in [6.45, 7) is 6.50. The van der Waals surface area contributed by atoms with Crippen LogP contribution in [-0.4, -0.2) is 57.6 Å². The number of carbonyl (C=O) groups is 2. The van der Waals surface area contributed by atoms with Crippen LogP contribution in [0.15, 0.2) is 48.5 Å². The topological polar surface area (TPSA) is 96.0 Å². The molecule has 0 aliphatic heterocycles. The molecule has 0 aliphatic carbocycles. The van der Waals surface area contributed by atoms with Crippen LogP contribution in [0.4, 0.5) is 5.69 Å². The number of carbonyl (C=O) groups excluding carboxylic acids is 2. The predicted octanol–water partition coefficient (Wildman–Crippen LogP) is 3.10. The summed E-state index contributed by atoms with van der Waals surface area (Å²) < 4.78 is 31.5. The molecule has 0 heterocycles. The number of aryl methyl sites for hydroxylation is 1. The van der Waals surface area contributed by atoms with Crippen LogP contribution < -0.4 is 14.4 Å². The molecule has 8 nitrogen and oxygen atoms in total. The van der Waals surface area contributed by atoms with Crippen LogP contribution >= 0.6 is 0 Å². The Morgan fingerprint density at radius 1 is 1.06 bits per heavy atom. The van der Waals surface area contributed by atoms with Crippen LogP contribution in [0.1, 0.15) is 37.8 Å². The number of benzene rings is 2. The highest BCUT2D eigenvalue weighted by molar-refractivity contribution is 7.92. The zero-order valence-corrected chi connectivity index (χ0v) is 21.4. The maximum Gasteiger partial charge on any atom is 0.242 e. The first-order valence-electron chi connectivity index (χ1n) is 11.3. The summed E-state index contributed by atoms with van der Waals surface area (Å²) in [5, 5.41) is 2.59. The third-order valence-corrected chi connectivity index (χ3v) is 6.67. The van der Waals surface area contributed by atoms with E-state index in [1.165, 1.54) is 16.3 Å². The van der Waals surface area contributed by atoms with Crippen LogP contribution in [0.2, 0.25) is 0 Å². The number of nitrogens with one attached hydrogen (secondary N) is 1. The van der Waals surface area contributed by atoms with Gasteiger partial charge in [0.15, 0.2) is 0 Å². The van der Waals surface area contributed by atoms with Crippen molar-refractivity contribution in [2.24, 2.45) is 0 Å². The van der Waals surface area contributed by atoms with E-state index in [0.717, 1.165) is 17.4 Å². The van der Waals surface area contributed by atoms with Crippen molar-refractivity contribution in [3.63, 3.8) is 0 Å². The summed E-state index contributed by atoms with van der Waals surface area (Å²) in [6, 6.07) is 13.9. The molecule has 186 valence electrons. The molecule has 2 aromatic rings. The van der Waals surface area contributed by atoms with Gasteiger partial charge in [0.05, 0.1) is 18.6 Å². The van der Waals surface area contributed by atoms with E-state index in [-0.39, 0.29) is 24.8 Å². The summed E-state index contributed by atoms with van der Waals surface area (Å²) in [4.78, 5) is 26.9. The quantitative estimate of drug-likeness (QED) is 0.494. The van der Waals surface area contributed by atoms with Crippen molar-refractivity contribution in [1.82, 2.24) is 10.2 Å². The number of anilines is 1. The number of rotatable bonds is 12. The molecule has 9 heteroatoms. The van der Waals surface area contributed by atoms with Gasteiger partial charge in [-0.1, -0.05) is 29.8 Å². The molecule has 0 spiro atoms. The molecule has 0 bridgehead atoms. The van der Waals surface area contributed by atoms with Crippen molar-refractivity contribution >= 4 is 27.5 Å². The van der Waals surface area contributed by atoms with Gasteiger partial charge in [0, 0.05) is 26.6 Å². The summed E-state index contributed by atoms with van der Waals surface area (Å²) in [7, 11) is -2.01. The minimum atomic E-state index is -3.54. The number of likely N-dealkylation sites (N-methyl/N-ethyl adjacent to an activating group) is 1. The third-order valence-electron chi connectivity index (χ3n) is 5.48. The minimum absolute atomic E-state index is 0.107. The van der Waals surface area contributed by atoms with Crippen molar-refractivity contribution in [3.05, 3.63) is 59.7 Å². The fourth-order valence-corrected chi connectivity index (χ4v) is 4.53. The number of hydrogen-bond donors (Lipinski definition) is 1. The van der Waals surface area contributed by atoms with Crippen LogP contribution in [0.5, 0.6) is 5.75 Å². The average molecular weight is 490 g/mol. The van der Waals surface area contributed by atoms with E-state index in [1.54, 1.807) is 31.2 Å². The van der Waals surface area contributed by atoms with Crippen LogP contribution in [0.25, 0.3) is 0 Å². The first-order chi connectivity index (χ1) is 16.1. The number of sulfonamides is 1. The van der Waals surface area contributed by atoms with Gasteiger partial charge in [-0.25, -0.2) is 8.42 Å². The average Bonchev–Trinajstić information content (AvgIpc) is 2.80. The monoisotopic (exact) mass is 489 g/mol. The van der Waals surface area contributed by atoms with E-state index >= 15 is 0 Å². The standard InChI is InChI=1S/C25H35N3O5S/c1-6-33-23-15-13-22(14-16-23)28(34(5,31)32)17-7-8-24(29)27(20(3)25(30)26-4)18-21-11-9-19(2)10-12-21/h9-16,20H,6-8,17-18H2,1-5H3,(H,26,30). The molecule has 1 N–H and O–H groups in total. The van der Waals surface area contributed by atoms with Crippen molar-refractivity contribution in [3.8, 4) is 5.75 Å². The van der Waals surface area contributed by atoms with Gasteiger partial charge in [0.2, 0.25) is 21.8 Å². The van der Waals surface area contributed by atoms with Crippen LogP contribution in [0.3, 0.4) is 0 Å². The molecular weight excluding hydrogens is 454 g/mol. The second kappa shape index (κ2) is 12.4. The van der Waals surface area contributed by atoms with Gasteiger partial charge in [-0.05, 0) is 57.0 Å². The number of ether oxygens (including phenoxy) is 1. The maximum absolute atomic E-state index is 13.1. The fraction of sp³-hybridized carbons (Fsp3) is 0.440. The van der Waals surface area contributed by atoms with E-state index in [2.05, 4.69) is 5.32 Å². The Morgan fingerprint density at radius 3 is 2.21 bits per heavy atom. The molecule has 0 fully saturated rings. The minimum Gasteiger partial charge on any atom is -0.494 e. The van der Waals surface area contributed by atoms with Gasteiger partial charge in [-0.15, -0.1) is 0 Å². The van der Waals surface area contributed by atoms with Crippen molar-refractivity contribution in [1.29, 1.82) is 0 Å². The van der Waals surface area contributed by atoms with Gasteiger partial charge in [-0.3, -0.25) is 13.9 Å². The lowest BCUT2D eigenvalue weighted by molar-refractivity contribution is -0.140. The summed E-state index contributed by atoms with van der Waals surface area (Å²) in [6.07, 6.45) is 1.56. The van der Waals surface area contributed by atoms with Crippen molar-refractivity contribution in [2.45, 2.75) is 46.2 Å². The lowest BCUT2D eigenvalue weighted by Crippen LogP contribution is -2.46. The first-order valence-corrected chi connectivity index (χ1v) is 13.2. The third kappa shape index (κ3) is 7.76. The Labute approximate surface area is 202 Å². The van der Waals surface area contributed by atoms with E-state index in [1.807, 2.05) is 38.1 Å². The molecular formula is C25H35N3O5S. The van der Waals surface area contributed by atoms with Crippen molar-refractivity contribution < 1.29 is 22.7 Å². The molecule has 2 rings (SSSR count). The molecule has 0 saturated heterocycles. The highest BCUT2D eigenvalue weighted by atomic mass is 32.2. The van der Waals surface area contributed by atoms with E-state index < -0.39 is 16.1 Å². The van der Waals surface area contributed by atoms with Gasteiger partial charge in [0.1, 0.15) is 11.8 Å². The molecule has 0 aliphatic rings. The zero-order valence-electron chi connectivity index (χ0n) is 20.6. The summed E-state index contributed by atoms with van der Waals surface area (Å²) in [5.41, 5.74) is 2.53. The summed E-state index contributed by atoms with van der Waals surface area (Å²) >= 11 is 0. The molecule has 0 saturated carbocycles. The number of hydrogen-bond acceptors (Lipinski definition) is 5. The molecule has 0 aromatic heterocycles. The first kappa shape index (κ1) is 27.2. The molecule has 1 atom stereocenters. The van der Waals surface area contributed by atoms with E-state index in [4.69, 9.17) is 4.74 Å². The van der Waals surface area contributed by atoms with Gasteiger partial charge in [0.25, 0.3) is 0 Å². The number of amides is 2. The Balaban J connectivity index is 2.12. The van der Waals surface area contributed by atoms with Crippen LogP contribution in [0, 0.1) is 6.92 Å². The molecule has 34 heavy (non-hydrogen) atoms. The second-order valence-electron chi connectivity index (χ2n) is 8.16. The molecule has 2 aromatic carbocycles. The fourth-order valence-electron chi connectivity index (χ4n) is 3.56. The highest BCUT2D eigenvalue weighted by Crippen LogP contribution is 2.22. The largest absolute Gasteiger partial charge is 0.494 e. The molecule has 1 unspecified atom stereocenters. The Morgan fingerprint density at radius 2 is 1.68 bits per heavy atom. The zero-order chi connectivity index (χ0) is 25.3. The lowest BCUT2D eigenvalue weighted by atomic mass is 10.1. The Kier molecular flexibility index (Phi) is 9.92. The highest BCUT2D eigenvalue weighted by Gasteiger charge is 2.26.